The van der Waals surface area contributed by atoms with Gasteiger partial charge < -0.3 is 10.8 Å². The summed E-state index contributed by atoms with van der Waals surface area (Å²) in [5.41, 5.74) is 6.19. The number of halogens is 1. The highest BCUT2D eigenvalue weighted by molar-refractivity contribution is 6.30. The Morgan fingerprint density at radius 2 is 2.31 bits per heavy atom. The summed E-state index contributed by atoms with van der Waals surface area (Å²) in [6.07, 6.45) is 0.301. The number of carboxylic acids is 1. The minimum absolute atomic E-state index is 0.301. The summed E-state index contributed by atoms with van der Waals surface area (Å²) in [6, 6.07) is 6.15. The summed E-state index contributed by atoms with van der Waals surface area (Å²) >= 11 is 5.72. The van der Waals surface area contributed by atoms with Crippen molar-refractivity contribution in [3.05, 3.63) is 34.9 Å². The zero-order chi connectivity index (χ0) is 9.84. The number of hydrogen-bond acceptors (Lipinski definition) is 2. The SMILES string of the molecule is N[C@H](Cc1cccc(Cl)c1)C(=O)O. The second-order valence-corrected chi connectivity index (χ2v) is 3.22. The maximum absolute atomic E-state index is 10.4. The molecule has 3 N–H and O–H groups in total. The van der Waals surface area contributed by atoms with Gasteiger partial charge in [-0.25, -0.2) is 0 Å². The molecule has 0 amide bonds. The van der Waals surface area contributed by atoms with Crippen LogP contribution in [-0.4, -0.2) is 17.1 Å². The van der Waals surface area contributed by atoms with Gasteiger partial charge in [0.2, 0.25) is 0 Å². The lowest BCUT2D eigenvalue weighted by Gasteiger charge is -2.05. The second kappa shape index (κ2) is 4.25. The van der Waals surface area contributed by atoms with E-state index in [1.54, 1.807) is 24.3 Å². The van der Waals surface area contributed by atoms with E-state index in [-0.39, 0.29) is 0 Å². The molecule has 4 heteroatoms. The van der Waals surface area contributed by atoms with Crippen LogP contribution in [0, 0.1) is 0 Å². The molecule has 0 aliphatic heterocycles. The number of hydrogen-bond donors (Lipinski definition) is 2. The van der Waals surface area contributed by atoms with Gasteiger partial charge in [0.1, 0.15) is 6.04 Å². The first-order valence-corrected chi connectivity index (χ1v) is 4.20. The van der Waals surface area contributed by atoms with Crippen LogP contribution in [0.1, 0.15) is 5.56 Å². The lowest BCUT2D eigenvalue weighted by atomic mass is 10.1. The van der Waals surface area contributed by atoms with Gasteiger partial charge in [-0.3, -0.25) is 4.79 Å². The van der Waals surface area contributed by atoms with Crippen molar-refractivity contribution >= 4 is 17.6 Å². The lowest BCUT2D eigenvalue weighted by Crippen LogP contribution is -2.32. The minimum Gasteiger partial charge on any atom is -0.480 e. The molecule has 1 aromatic rings. The van der Waals surface area contributed by atoms with E-state index in [1.807, 2.05) is 0 Å². The van der Waals surface area contributed by atoms with Crippen LogP contribution < -0.4 is 5.73 Å². The fraction of sp³-hybridized carbons (Fsp3) is 0.222. The highest BCUT2D eigenvalue weighted by Gasteiger charge is 2.11. The van der Waals surface area contributed by atoms with E-state index in [4.69, 9.17) is 22.4 Å². The van der Waals surface area contributed by atoms with E-state index in [0.29, 0.717) is 11.4 Å². The molecule has 3 nitrogen and oxygen atoms in total. The van der Waals surface area contributed by atoms with Gasteiger partial charge in [0.25, 0.3) is 0 Å². The molecule has 0 aliphatic carbocycles. The predicted molar refractivity (Wildman–Crippen MR) is 50.8 cm³/mol. The monoisotopic (exact) mass is 199 g/mol. The molecule has 0 heterocycles. The third-order valence-electron chi connectivity index (χ3n) is 1.66. The standard InChI is InChI=1S/C9H10ClNO2/c10-7-3-1-2-6(4-7)5-8(11)9(12)13/h1-4,8H,5,11H2,(H,12,13)/t8-/m1/s1. The van der Waals surface area contributed by atoms with Crippen LogP contribution in [0.3, 0.4) is 0 Å². The van der Waals surface area contributed by atoms with Crippen molar-refractivity contribution in [2.75, 3.05) is 0 Å². The molecule has 1 rings (SSSR count). The van der Waals surface area contributed by atoms with Gasteiger partial charge in [-0.2, -0.15) is 0 Å². The molecule has 0 fully saturated rings. The molecule has 0 aromatic heterocycles. The van der Waals surface area contributed by atoms with Gasteiger partial charge >= 0.3 is 5.97 Å². The van der Waals surface area contributed by atoms with Crippen molar-refractivity contribution in [2.24, 2.45) is 5.73 Å². The lowest BCUT2D eigenvalue weighted by molar-refractivity contribution is -0.138. The van der Waals surface area contributed by atoms with Gasteiger partial charge in [-0.15, -0.1) is 0 Å². The van der Waals surface area contributed by atoms with Crippen molar-refractivity contribution in [3.8, 4) is 0 Å². The van der Waals surface area contributed by atoms with E-state index < -0.39 is 12.0 Å². The smallest absolute Gasteiger partial charge is 0.320 e. The third kappa shape index (κ3) is 3.05. The molecule has 1 atom stereocenters. The number of benzene rings is 1. The molecule has 0 saturated carbocycles. The Bertz CT molecular complexity index is 314. The first-order valence-electron chi connectivity index (χ1n) is 3.82. The molecular formula is C9H10ClNO2. The van der Waals surface area contributed by atoms with Gasteiger partial charge in [-0.1, -0.05) is 23.7 Å². The van der Waals surface area contributed by atoms with Crippen molar-refractivity contribution < 1.29 is 9.90 Å². The van der Waals surface area contributed by atoms with Crippen molar-refractivity contribution in [2.45, 2.75) is 12.5 Å². The Morgan fingerprint density at radius 3 is 2.85 bits per heavy atom. The third-order valence-corrected chi connectivity index (χ3v) is 1.90. The van der Waals surface area contributed by atoms with Crippen molar-refractivity contribution in [3.63, 3.8) is 0 Å². The Labute approximate surface area is 81.1 Å². The Kier molecular flexibility index (Phi) is 3.28. The summed E-state index contributed by atoms with van der Waals surface area (Å²) in [7, 11) is 0. The van der Waals surface area contributed by atoms with Crippen LogP contribution >= 0.6 is 11.6 Å². The van der Waals surface area contributed by atoms with Crippen LogP contribution in [0.2, 0.25) is 5.02 Å². The summed E-state index contributed by atoms with van der Waals surface area (Å²) < 4.78 is 0. The van der Waals surface area contributed by atoms with Crippen molar-refractivity contribution in [1.82, 2.24) is 0 Å². The largest absolute Gasteiger partial charge is 0.480 e. The normalized spacial score (nSPS) is 12.5. The minimum atomic E-state index is -1.00. The quantitative estimate of drug-likeness (QED) is 0.771. The number of carbonyl (C=O) groups is 1. The summed E-state index contributed by atoms with van der Waals surface area (Å²) in [6.45, 7) is 0. The molecule has 0 spiro atoms. The average molecular weight is 200 g/mol. The molecule has 0 unspecified atom stereocenters. The molecule has 0 aliphatic rings. The molecule has 0 radical (unpaired) electrons. The summed E-state index contributed by atoms with van der Waals surface area (Å²) in [5.74, 6) is -1.00. The van der Waals surface area contributed by atoms with Gasteiger partial charge in [-0.05, 0) is 24.1 Å². The Hall–Kier alpha value is -1.06. The first kappa shape index (κ1) is 10.0. The molecule has 1 aromatic carbocycles. The number of nitrogens with two attached hydrogens (primary N) is 1. The first-order chi connectivity index (χ1) is 6.09. The topological polar surface area (TPSA) is 63.3 Å². The molecule has 70 valence electrons. The molecule has 13 heavy (non-hydrogen) atoms. The number of rotatable bonds is 3. The maximum atomic E-state index is 10.4. The fourth-order valence-corrected chi connectivity index (χ4v) is 1.22. The van der Waals surface area contributed by atoms with E-state index >= 15 is 0 Å². The zero-order valence-corrected chi connectivity index (χ0v) is 7.66. The van der Waals surface area contributed by atoms with Gasteiger partial charge in [0.15, 0.2) is 0 Å². The molecular weight excluding hydrogens is 190 g/mol. The highest BCUT2D eigenvalue weighted by atomic mass is 35.5. The van der Waals surface area contributed by atoms with Crippen LogP contribution in [0.25, 0.3) is 0 Å². The zero-order valence-electron chi connectivity index (χ0n) is 6.90. The van der Waals surface area contributed by atoms with Crippen LogP contribution in [0.5, 0.6) is 0 Å². The predicted octanol–water partition coefficient (Wildman–Crippen LogP) is 1.29. The number of carboxylic acid groups (broad SMARTS) is 1. The van der Waals surface area contributed by atoms with Gasteiger partial charge in [0.05, 0.1) is 0 Å². The molecule has 0 bridgehead atoms. The summed E-state index contributed by atoms with van der Waals surface area (Å²) in [4.78, 5) is 10.4. The van der Waals surface area contributed by atoms with E-state index in [0.717, 1.165) is 5.56 Å². The highest BCUT2D eigenvalue weighted by Crippen LogP contribution is 2.11. The Balaban J connectivity index is 2.69. The van der Waals surface area contributed by atoms with Crippen molar-refractivity contribution in [1.29, 1.82) is 0 Å². The van der Waals surface area contributed by atoms with Crippen LogP contribution in [0.15, 0.2) is 24.3 Å². The second-order valence-electron chi connectivity index (χ2n) is 2.78. The van der Waals surface area contributed by atoms with E-state index in [1.165, 1.54) is 0 Å². The summed E-state index contributed by atoms with van der Waals surface area (Å²) in [5, 5.41) is 9.15. The van der Waals surface area contributed by atoms with E-state index in [9.17, 15) is 4.79 Å². The van der Waals surface area contributed by atoms with Crippen LogP contribution in [0.4, 0.5) is 0 Å². The Morgan fingerprint density at radius 1 is 1.62 bits per heavy atom. The fourth-order valence-electron chi connectivity index (χ4n) is 1.01. The van der Waals surface area contributed by atoms with Crippen LogP contribution in [-0.2, 0) is 11.2 Å². The number of aliphatic carboxylic acids is 1. The maximum Gasteiger partial charge on any atom is 0.320 e. The van der Waals surface area contributed by atoms with Gasteiger partial charge in [0, 0.05) is 5.02 Å². The molecule has 0 saturated heterocycles. The van der Waals surface area contributed by atoms with E-state index in [2.05, 4.69) is 0 Å². The average Bonchev–Trinajstić information content (AvgIpc) is 2.04.